The highest BCUT2D eigenvalue weighted by molar-refractivity contribution is 7.89. The van der Waals surface area contributed by atoms with Gasteiger partial charge in [0.15, 0.2) is 0 Å². The Morgan fingerprint density at radius 2 is 1.89 bits per heavy atom. The van der Waals surface area contributed by atoms with Crippen LogP contribution in [0.3, 0.4) is 0 Å². The first kappa shape index (κ1) is 14.9. The van der Waals surface area contributed by atoms with E-state index in [-0.39, 0.29) is 0 Å². The van der Waals surface area contributed by atoms with E-state index in [9.17, 15) is 8.42 Å². The molecule has 0 amide bonds. The summed E-state index contributed by atoms with van der Waals surface area (Å²) in [5.74, 6) is 0. The first-order valence-corrected chi connectivity index (χ1v) is 7.19. The molecular formula is C12H20N2O3S. The minimum atomic E-state index is -3.39. The molecule has 102 valence electrons. The van der Waals surface area contributed by atoms with Crippen molar-refractivity contribution in [2.24, 2.45) is 0 Å². The van der Waals surface area contributed by atoms with Crippen LogP contribution in [0.1, 0.15) is 6.42 Å². The van der Waals surface area contributed by atoms with Gasteiger partial charge in [-0.3, -0.25) is 0 Å². The molecule has 0 radical (unpaired) electrons. The summed E-state index contributed by atoms with van der Waals surface area (Å²) < 4.78 is 30.6. The number of rotatable bonds is 7. The van der Waals surface area contributed by atoms with Crippen LogP contribution in [-0.2, 0) is 14.8 Å². The molecule has 1 N–H and O–H groups in total. The SMILES string of the molecule is CNc1ccc(S(=O)(=O)N(C)CCCOC)cc1. The van der Waals surface area contributed by atoms with Crippen LogP contribution in [0.2, 0.25) is 0 Å². The molecule has 1 rings (SSSR count). The fourth-order valence-corrected chi connectivity index (χ4v) is 2.73. The molecule has 0 aliphatic rings. The summed E-state index contributed by atoms with van der Waals surface area (Å²) in [6.45, 7) is 1.00. The normalized spacial score (nSPS) is 11.8. The van der Waals surface area contributed by atoms with Crippen LogP contribution in [-0.4, -0.2) is 47.1 Å². The maximum atomic E-state index is 12.2. The number of nitrogens with zero attached hydrogens (tertiary/aromatic N) is 1. The van der Waals surface area contributed by atoms with Gasteiger partial charge in [0.1, 0.15) is 0 Å². The molecule has 0 saturated carbocycles. The molecule has 5 nitrogen and oxygen atoms in total. The summed E-state index contributed by atoms with van der Waals surface area (Å²) in [6, 6.07) is 6.70. The number of hydrogen-bond donors (Lipinski definition) is 1. The van der Waals surface area contributed by atoms with Crippen LogP contribution in [0.4, 0.5) is 5.69 Å². The van der Waals surface area contributed by atoms with Gasteiger partial charge in [0, 0.05) is 40.0 Å². The van der Waals surface area contributed by atoms with Crippen molar-refractivity contribution in [3.8, 4) is 0 Å². The summed E-state index contributed by atoms with van der Waals surface area (Å²) in [5.41, 5.74) is 0.885. The molecule has 0 spiro atoms. The van der Waals surface area contributed by atoms with Gasteiger partial charge in [-0.25, -0.2) is 12.7 Å². The molecule has 1 aromatic rings. The number of hydrogen-bond acceptors (Lipinski definition) is 4. The molecule has 18 heavy (non-hydrogen) atoms. The molecule has 0 aliphatic carbocycles. The highest BCUT2D eigenvalue weighted by Gasteiger charge is 2.19. The van der Waals surface area contributed by atoms with Crippen molar-refractivity contribution in [2.45, 2.75) is 11.3 Å². The van der Waals surface area contributed by atoms with E-state index in [1.807, 2.05) is 0 Å². The Kier molecular flexibility index (Phi) is 5.58. The average Bonchev–Trinajstić information content (AvgIpc) is 2.39. The largest absolute Gasteiger partial charge is 0.388 e. The average molecular weight is 272 g/mol. The van der Waals surface area contributed by atoms with E-state index in [1.54, 1.807) is 45.5 Å². The highest BCUT2D eigenvalue weighted by Crippen LogP contribution is 2.17. The smallest absolute Gasteiger partial charge is 0.242 e. The van der Waals surface area contributed by atoms with Crippen LogP contribution in [0.15, 0.2) is 29.2 Å². The van der Waals surface area contributed by atoms with Crippen molar-refractivity contribution >= 4 is 15.7 Å². The fraction of sp³-hybridized carbons (Fsp3) is 0.500. The Balaban J connectivity index is 2.77. The molecular weight excluding hydrogens is 252 g/mol. The van der Waals surface area contributed by atoms with Crippen LogP contribution < -0.4 is 5.32 Å². The number of ether oxygens (including phenoxy) is 1. The number of nitrogens with one attached hydrogen (secondary N) is 1. The van der Waals surface area contributed by atoms with Gasteiger partial charge in [0.05, 0.1) is 4.90 Å². The lowest BCUT2D eigenvalue weighted by molar-refractivity contribution is 0.189. The second-order valence-electron chi connectivity index (χ2n) is 3.95. The van der Waals surface area contributed by atoms with Gasteiger partial charge in [0.25, 0.3) is 0 Å². The third-order valence-corrected chi connectivity index (χ3v) is 4.54. The first-order chi connectivity index (χ1) is 8.52. The van der Waals surface area contributed by atoms with E-state index >= 15 is 0 Å². The molecule has 0 aliphatic heterocycles. The van der Waals surface area contributed by atoms with E-state index in [1.165, 1.54) is 4.31 Å². The van der Waals surface area contributed by atoms with Gasteiger partial charge in [-0.15, -0.1) is 0 Å². The molecule has 6 heteroatoms. The predicted octanol–water partition coefficient (Wildman–Crippen LogP) is 1.39. The second-order valence-corrected chi connectivity index (χ2v) is 5.99. The van der Waals surface area contributed by atoms with Gasteiger partial charge in [-0.1, -0.05) is 0 Å². The zero-order chi connectivity index (χ0) is 13.6. The number of benzene rings is 1. The summed E-state index contributed by atoms with van der Waals surface area (Å²) in [5, 5.41) is 2.95. The van der Waals surface area contributed by atoms with Crippen molar-refractivity contribution in [1.82, 2.24) is 4.31 Å². The number of sulfonamides is 1. The maximum absolute atomic E-state index is 12.2. The van der Waals surface area contributed by atoms with Crippen LogP contribution in [0.5, 0.6) is 0 Å². The lowest BCUT2D eigenvalue weighted by Crippen LogP contribution is -2.28. The standard InChI is InChI=1S/C12H20N2O3S/c1-13-11-5-7-12(8-6-11)18(15,16)14(2)9-4-10-17-3/h5-8,13H,4,9-10H2,1-3H3. The molecule has 1 aromatic carbocycles. The van der Waals surface area contributed by atoms with E-state index in [4.69, 9.17) is 4.74 Å². The van der Waals surface area contributed by atoms with Gasteiger partial charge >= 0.3 is 0 Å². The van der Waals surface area contributed by atoms with Crippen molar-refractivity contribution in [3.63, 3.8) is 0 Å². The Morgan fingerprint density at radius 1 is 1.28 bits per heavy atom. The molecule has 0 aromatic heterocycles. The molecule has 0 fully saturated rings. The summed E-state index contributed by atoms with van der Waals surface area (Å²) in [7, 11) is 1.58. The summed E-state index contributed by atoms with van der Waals surface area (Å²) in [4.78, 5) is 0.307. The second kappa shape index (κ2) is 6.72. The fourth-order valence-electron chi connectivity index (χ4n) is 1.53. The van der Waals surface area contributed by atoms with E-state index in [0.717, 1.165) is 5.69 Å². The third-order valence-electron chi connectivity index (χ3n) is 2.67. The van der Waals surface area contributed by atoms with Crippen LogP contribution in [0.25, 0.3) is 0 Å². The van der Waals surface area contributed by atoms with E-state index in [2.05, 4.69) is 5.32 Å². The lowest BCUT2D eigenvalue weighted by Gasteiger charge is -2.17. The molecule has 0 atom stereocenters. The van der Waals surface area contributed by atoms with Crippen molar-refractivity contribution in [1.29, 1.82) is 0 Å². The van der Waals surface area contributed by atoms with Crippen molar-refractivity contribution in [3.05, 3.63) is 24.3 Å². The Labute approximate surface area is 109 Å². The van der Waals surface area contributed by atoms with E-state index in [0.29, 0.717) is 24.5 Å². The maximum Gasteiger partial charge on any atom is 0.242 e. The molecule has 0 bridgehead atoms. The monoisotopic (exact) mass is 272 g/mol. The molecule has 0 heterocycles. The van der Waals surface area contributed by atoms with Gasteiger partial charge in [0.2, 0.25) is 10.0 Å². The van der Waals surface area contributed by atoms with Crippen molar-refractivity contribution < 1.29 is 13.2 Å². The van der Waals surface area contributed by atoms with Crippen LogP contribution in [0, 0.1) is 0 Å². The molecule has 0 unspecified atom stereocenters. The summed E-state index contributed by atoms with van der Waals surface area (Å²) >= 11 is 0. The highest BCUT2D eigenvalue weighted by atomic mass is 32.2. The Hall–Kier alpha value is -1.11. The zero-order valence-corrected chi connectivity index (χ0v) is 11.8. The van der Waals surface area contributed by atoms with Gasteiger partial charge < -0.3 is 10.1 Å². The predicted molar refractivity (Wildman–Crippen MR) is 72.3 cm³/mol. The Morgan fingerprint density at radius 3 is 2.39 bits per heavy atom. The van der Waals surface area contributed by atoms with Crippen LogP contribution >= 0.6 is 0 Å². The number of methoxy groups -OCH3 is 1. The quantitative estimate of drug-likeness (QED) is 0.762. The Bertz CT molecular complexity index is 457. The lowest BCUT2D eigenvalue weighted by atomic mass is 10.3. The third kappa shape index (κ3) is 3.69. The van der Waals surface area contributed by atoms with Crippen molar-refractivity contribution in [2.75, 3.05) is 39.7 Å². The number of anilines is 1. The summed E-state index contributed by atoms with van der Waals surface area (Å²) in [6.07, 6.45) is 0.681. The first-order valence-electron chi connectivity index (χ1n) is 5.75. The van der Waals surface area contributed by atoms with Gasteiger partial charge in [-0.2, -0.15) is 0 Å². The van der Waals surface area contributed by atoms with E-state index < -0.39 is 10.0 Å². The topological polar surface area (TPSA) is 58.6 Å². The minimum absolute atomic E-state index is 0.307. The van der Waals surface area contributed by atoms with Gasteiger partial charge in [-0.05, 0) is 30.7 Å². The minimum Gasteiger partial charge on any atom is -0.388 e. The molecule has 0 saturated heterocycles. The zero-order valence-electron chi connectivity index (χ0n) is 11.0.